The van der Waals surface area contributed by atoms with Gasteiger partial charge in [0.1, 0.15) is 5.65 Å². The summed E-state index contributed by atoms with van der Waals surface area (Å²) in [5.41, 5.74) is 5.20. The van der Waals surface area contributed by atoms with Crippen molar-refractivity contribution in [2.24, 2.45) is 0 Å². The first-order chi connectivity index (χ1) is 13.6. The van der Waals surface area contributed by atoms with Gasteiger partial charge in [-0.25, -0.2) is 9.78 Å². The van der Waals surface area contributed by atoms with Gasteiger partial charge in [0, 0.05) is 42.4 Å². The van der Waals surface area contributed by atoms with Crippen LogP contribution in [0.2, 0.25) is 5.02 Å². The Hall–Kier alpha value is -2.41. The third-order valence-corrected chi connectivity index (χ3v) is 5.25. The molecule has 0 aliphatic carbocycles. The van der Waals surface area contributed by atoms with Gasteiger partial charge in [0.05, 0.1) is 36.8 Å². The highest BCUT2D eigenvalue weighted by atomic mass is 35.5. The smallest absolute Gasteiger partial charge is 0.337 e. The van der Waals surface area contributed by atoms with E-state index in [2.05, 4.69) is 9.72 Å². The summed E-state index contributed by atoms with van der Waals surface area (Å²) in [4.78, 5) is 16.7. The Labute approximate surface area is 168 Å². The predicted octanol–water partition coefficient (Wildman–Crippen LogP) is 3.28. The minimum Gasteiger partial charge on any atom is -0.465 e. The van der Waals surface area contributed by atoms with Gasteiger partial charge < -0.3 is 19.2 Å². The highest BCUT2D eigenvalue weighted by molar-refractivity contribution is 6.30. The number of carbonyl (C=O) groups is 1. The molecule has 6 nitrogen and oxygen atoms in total. The lowest BCUT2D eigenvalue weighted by Crippen LogP contribution is -2.39. The number of ether oxygens (including phenoxy) is 2. The molecule has 0 radical (unpaired) electrons. The van der Waals surface area contributed by atoms with Crippen molar-refractivity contribution in [3.63, 3.8) is 0 Å². The van der Waals surface area contributed by atoms with E-state index in [1.807, 2.05) is 37.4 Å². The van der Waals surface area contributed by atoms with Crippen LogP contribution in [-0.4, -0.2) is 48.3 Å². The molecule has 146 valence electrons. The molecule has 1 N–H and O–H groups in total. The number of pyridine rings is 1. The van der Waals surface area contributed by atoms with Gasteiger partial charge in [-0.05, 0) is 30.7 Å². The molecule has 3 heterocycles. The van der Waals surface area contributed by atoms with Gasteiger partial charge in [-0.15, -0.1) is 0 Å². The second kappa shape index (κ2) is 7.91. The molecule has 1 atom stereocenters. The topological polar surface area (TPSA) is 64.9 Å². The Kier molecular flexibility index (Phi) is 5.35. The van der Waals surface area contributed by atoms with E-state index in [1.54, 1.807) is 6.07 Å². The average molecular weight is 400 g/mol. The van der Waals surface area contributed by atoms with Crippen LogP contribution in [0.4, 0.5) is 0 Å². The van der Waals surface area contributed by atoms with Crippen LogP contribution >= 0.6 is 11.6 Å². The summed E-state index contributed by atoms with van der Waals surface area (Å²) in [5.74, 6) is -0.349. The zero-order valence-corrected chi connectivity index (χ0v) is 16.6. The van der Waals surface area contributed by atoms with E-state index in [4.69, 9.17) is 26.1 Å². The Bertz CT molecular complexity index is 1030. The van der Waals surface area contributed by atoms with Gasteiger partial charge >= 0.3 is 5.97 Å². The van der Waals surface area contributed by atoms with E-state index >= 15 is 0 Å². The second-order valence-electron chi connectivity index (χ2n) is 6.90. The predicted molar refractivity (Wildman–Crippen MR) is 108 cm³/mol. The molecule has 0 bridgehead atoms. The number of imidazole rings is 1. The van der Waals surface area contributed by atoms with Crippen LogP contribution in [0, 0.1) is 6.92 Å². The average Bonchev–Trinajstić information content (AvgIpc) is 3.05. The number of esters is 1. The minimum atomic E-state index is -0.349. The number of benzene rings is 1. The largest absolute Gasteiger partial charge is 0.465 e. The quantitative estimate of drug-likeness (QED) is 0.682. The zero-order chi connectivity index (χ0) is 19.7. The molecule has 0 spiro atoms. The molecule has 1 aliphatic rings. The molecular formula is C21H22ClN3O3. The van der Waals surface area contributed by atoms with Gasteiger partial charge in [-0.3, -0.25) is 0 Å². The van der Waals surface area contributed by atoms with Crippen molar-refractivity contribution >= 4 is 23.2 Å². The molecule has 1 fully saturated rings. The molecule has 1 aliphatic heterocycles. The highest BCUT2D eigenvalue weighted by Crippen LogP contribution is 2.30. The van der Waals surface area contributed by atoms with Gasteiger partial charge in [-0.2, -0.15) is 0 Å². The van der Waals surface area contributed by atoms with Crippen molar-refractivity contribution in [3.8, 4) is 11.3 Å². The normalized spacial score (nSPS) is 17.0. The summed E-state index contributed by atoms with van der Waals surface area (Å²) < 4.78 is 12.8. The molecule has 0 saturated carbocycles. The van der Waals surface area contributed by atoms with Crippen molar-refractivity contribution < 1.29 is 14.3 Å². The van der Waals surface area contributed by atoms with Crippen molar-refractivity contribution in [2.45, 2.75) is 19.4 Å². The van der Waals surface area contributed by atoms with Crippen LogP contribution in [0.3, 0.4) is 0 Å². The molecule has 0 amide bonds. The Morgan fingerprint density at radius 1 is 1.39 bits per heavy atom. The van der Waals surface area contributed by atoms with Crippen LogP contribution in [0.15, 0.2) is 36.5 Å². The summed E-state index contributed by atoms with van der Waals surface area (Å²) in [6.07, 6.45) is 2.75. The first kappa shape index (κ1) is 18.9. The standard InChI is InChI=1S/C21H22ClN3O3/c1-13-9-14(21(26)27-2)3-4-17(13)20-18(11-16-12-23-6-8-28-16)25-7-5-15(22)10-19(25)24-20/h3-5,7,9-10,16,23H,6,8,11-12H2,1-2H3/t16-/m0/s1. The zero-order valence-electron chi connectivity index (χ0n) is 15.9. The van der Waals surface area contributed by atoms with Crippen molar-refractivity contribution in [1.29, 1.82) is 0 Å². The van der Waals surface area contributed by atoms with Gasteiger partial charge in [0.25, 0.3) is 0 Å². The molecule has 3 aromatic rings. The van der Waals surface area contributed by atoms with Crippen molar-refractivity contribution in [1.82, 2.24) is 14.7 Å². The number of aryl methyl sites for hydroxylation is 1. The molecule has 2 aromatic heterocycles. The van der Waals surface area contributed by atoms with E-state index in [-0.39, 0.29) is 12.1 Å². The first-order valence-electron chi connectivity index (χ1n) is 9.25. The molecule has 7 heteroatoms. The van der Waals surface area contributed by atoms with Gasteiger partial charge in [0.2, 0.25) is 0 Å². The van der Waals surface area contributed by atoms with Crippen LogP contribution in [0.1, 0.15) is 21.6 Å². The number of nitrogens with one attached hydrogen (secondary N) is 1. The summed E-state index contributed by atoms with van der Waals surface area (Å²) in [7, 11) is 1.38. The van der Waals surface area contributed by atoms with Crippen molar-refractivity contribution in [2.75, 3.05) is 26.8 Å². The van der Waals surface area contributed by atoms with E-state index < -0.39 is 0 Å². The number of nitrogens with zero attached hydrogens (tertiary/aromatic N) is 2. The van der Waals surface area contributed by atoms with Crippen LogP contribution in [0.25, 0.3) is 16.9 Å². The van der Waals surface area contributed by atoms with E-state index in [9.17, 15) is 4.79 Å². The number of fused-ring (bicyclic) bond motifs is 1. The summed E-state index contributed by atoms with van der Waals surface area (Å²) in [5, 5.41) is 4.02. The fourth-order valence-electron chi connectivity index (χ4n) is 3.62. The Balaban J connectivity index is 1.81. The fraction of sp³-hybridized carbons (Fsp3) is 0.333. The maximum Gasteiger partial charge on any atom is 0.337 e. The summed E-state index contributed by atoms with van der Waals surface area (Å²) >= 11 is 6.18. The summed E-state index contributed by atoms with van der Waals surface area (Å²) in [6.45, 7) is 4.36. The molecule has 0 unspecified atom stereocenters. The first-order valence-corrected chi connectivity index (χ1v) is 9.62. The second-order valence-corrected chi connectivity index (χ2v) is 7.34. The molecular weight excluding hydrogens is 378 g/mol. The van der Waals surface area contributed by atoms with E-state index in [0.29, 0.717) is 17.2 Å². The summed E-state index contributed by atoms with van der Waals surface area (Å²) in [6, 6.07) is 9.24. The maximum absolute atomic E-state index is 11.8. The van der Waals surface area contributed by atoms with E-state index in [0.717, 1.165) is 47.7 Å². The molecule has 4 rings (SSSR count). The third-order valence-electron chi connectivity index (χ3n) is 5.02. The molecule has 1 aromatic carbocycles. The van der Waals surface area contributed by atoms with Crippen molar-refractivity contribution in [3.05, 3.63) is 58.4 Å². The Morgan fingerprint density at radius 2 is 2.25 bits per heavy atom. The minimum absolute atomic E-state index is 0.0812. The number of methoxy groups -OCH3 is 1. The van der Waals surface area contributed by atoms with Crippen LogP contribution < -0.4 is 5.32 Å². The van der Waals surface area contributed by atoms with Crippen LogP contribution in [0.5, 0.6) is 0 Å². The lowest BCUT2D eigenvalue weighted by Gasteiger charge is -2.24. The number of halogens is 1. The number of hydrogen-bond acceptors (Lipinski definition) is 5. The fourth-order valence-corrected chi connectivity index (χ4v) is 3.78. The number of rotatable bonds is 4. The number of hydrogen-bond donors (Lipinski definition) is 1. The monoisotopic (exact) mass is 399 g/mol. The van der Waals surface area contributed by atoms with Gasteiger partial charge in [-0.1, -0.05) is 17.7 Å². The number of carbonyl (C=O) groups excluding carboxylic acids is 1. The van der Waals surface area contributed by atoms with E-state index in [1.165, 1.54) is 7.11 Å². The third kappa shape index (κ3) is 3.63. The molecule has 1 saturated heterocycles. The number of morpholine rings is 1. The Morgan fingerprint density at radius 3 is 2.96 bits per heavy atom. The van der Waals surface area contributed by atoms with Crippen LogP contribution in [-0.2, 0) is 15.9 Å². The molecule has 28 heavy (non-hydrogen) atoms. The lowest BCUT2D eigenvalue weighted by molar-refractivity contribution is 0.0286. The maximum atomic E-state index is 11.8. The number of aromatic nitrogens is 2. The highest BCUT2D eigenvalue weighted by Gasteiger charge is 2.22. The van der Waals surface area contributed by atoms with Gasteiger partial charge in [0.15, 0.2) is 0 Å². The SMILES string of the molecule is COC(=O)c1ccc(-c2nc3cc(Cl)ccn3c2C[C@H]2CNCCO2)c(C)c1. The lowest BCUT2D eigenvalue weighted by atomic mass is 9.99.